The predicted octanol–water partition coefficient (Wildman–Crippen LogP) is 2.20. The second kappa shape index (κ2) is 5.79. The molecule has 4 nitrogen and oxygen atoms in total. The van der Waals surface area contributed by atoms with Crippen LogP contribution in [0.15, 0.2) is 22.7 Å². The van der Waals surface area contributed by atoms with Gasteiger partial charge in [0.2, 0.25) is 11.8 Å². The maximum Gasteiger partial charge on any atom is 0.230 e. The Morgan fingerprint density at radius 1 is 1.29 bits per heavy atom. The number of amides is 2. The minimum atomic E-state index is -0.291. The van der Waals surface area contributed by atoms with Gasteiger partial charge < -0.3 is 10.6 Å². The zero-order chi connectivity index (χ0) is 15.0. The highest BCUT2D eigenvalue weighted by Crippen LogP contribution is 2.39. The summed E-state index contributed by atoms with van der Waals surface area (Å²) in [4.78, 5) is 26.0. The van der Waals surface area contributed by atoms with Gasteiger partial charge in [-0.3, -0.25) is 9.59 Å². The van der Waals surface area contributed by atoms with Gasteiger partial charge >= 0.3 is 0 Å². The number of likely N-dealkylation sites (tertiary alicyclic amines) is 1. The highest BCUT2D eigenvalue weighted by molar-refractivity contribution is 9.10. The monoisotopic (exact) mass is 350 g/mol. The van der Waals surface area contributed by atoms with Gasteiger partial charge in [0, 0.05) is 17.6 Å². The van der Waals surface area contributed by atoms with E-state index in [0.29, 0.717) is 6.54 Å². The Bertz CT molecular complexity index is 588. The smallest absolute Gasteiger partial charge is 0.230 e. The molecule has 0 spiro atoms. The number of halogens is 1. The number of aryl methyl sites for hydroxylation is 1. The first kappa shape index (κ1) is 14.6. The van der Waals surface area contributed by atoms with E-state index in [2.05, 4.69) is 22.0 Å². The third kappa shape index (κ3) is 2.71. The number of rotatable bonds is 2. The molecule has 0 bridgehead atoms. The molecule has 2 aliphatic rings. The summed E-state index contributed by atoms with van der Waals surface area (Å²) >= 11 is 3.57. The quantitative estimate of drug-likeness (QED) is 0.888. The Labute approximate surface area is 132 Å². The van der Waals surface area contributed by atoms with Crippen molar-refractivity contribution >= 4 is 27.7 Å². The molecular formula is C16H19BrN2O2. The van der Waals surface area contributed by atoms with Gasteiger partial charge in [-0.15, -0.1) is 0 Å². The SMILES string of the molecule is NC(=O)[C@H]1CCCN(C(=O)[C@H]2CCc3cccc(Br)c32)C1. The van der Waals surface area contributed by atoms with E-state index in [1.807, 2.05) is 17.0 Å². The Balaban J connectivity index is 1.80. The van der Waals surface area contributed by atoms with E-state index in [4.69, 9.17) is 5.73 Å². The number of benzene rings is 1. The molecule has 112 valence electrons. The van der Waals surface area contributed by atoms with Crippen LogP contribution in [0.4, 0.5) is 0 Å². The lowest BCUT2D eigenvalue weighted by Crippen LogP contribution is -2.45. The third-order valence-electron chi connectivity index (χ3n) is 4.63. The number of primary amides is 1. The molecule has 3 rings (SSSR count). The average Bonchev–Trinajstić information content (AvgIpc) is 2.92. The van der Waals surface area contributed by atoms with Crippen LogP contribution in [0.3, 0.4) is 0 Å². The molecular weight excluding hydrogens is 332 g/mol. The predicted molar refractivity (Wildman–Crippen MR) is 83.7 cm³/mol. The van der Waals surface area contributed by atoms with Crippen LogP contribution < -0.4 is 5.73 Å². The molecule has 0 radical (unpaired) electrons. The van der Waals surface area contributed by atoms with Crippen LogP contribution in [0, 0.1) is 5.92 Å². The average molecular weight is 351 g/mol. The summed E-state index contributed by atoms with van der Waals surface area (Å²) in [5.41, 5.74) is 7.78. The topological polar surface area (TPSA) is 63.4 Å². The molecule has 1 heterocycles. The summed E-state index contributed by atoms with van der Waals surface area (Å²) in [6.45, 7) is 1.21. The Kier molecular flexibility index (Phi) is 4.02. The van der Waals surface area contributed by atoms with E-state index in [1.54, 1.807) is 0 Å². The van der Waals surface area contributed by atoms with Crippen molar-refractivity contribution in [2.24, 2.45) is 11.7 Å². The van der Waals surface area contributed by atoms with Crippen LogP contribution in [-0.4, -0.2) is 29.8 Å². The molecule has 2 amide bonds. The first-order valence-corrected chi connectivity index (χ1v) is 8.22. The first-order chi connectivity index (χ1) is 10.1. The van der Waals surface area contributed by atoms with E-state index in [1.165, 1.54) is 5.56 Å². The van der Waals surface area contributed by atoms with Crippen molar-refractivity contribution < 1.29 is 9.59 Å². The summed E-state index contributed by atoms with van der Waals surface area (Å²) < 4.78 is 1.01. The van der Waals surface area contributed by atoms with Gasteiger partial charge in [-0.05, 0) is 42.9 Å². The van der Waals surface area contributed by atoms with Gasteiger partial charge in [-0.1, -0.05) is 28.1 Å². The fraction of sp³-hybridized carbons (Fsp3) is 0.500. The van der Waals surface area contributed by atoms with Gasteiger partial charge in [0.1, 0.15) is 0 Å². The fourth-order valence-corrected chi connectivity index (χ4v) is 4.19. The lowest BCUT2D eigenvalue weighted by Gasteiger charge is -2.33. The maximum absolute atomic E-state index is 12.8. The first-order valence-electron chi connectivity index (χ1n) is 7.43. The van der Waals surface area contributed by atoms with Crippen molar-refractivity contribution in [2.75, 3.05) is 13.1 Å². The molecule has 1 aromatic carbocycles. The lowest BCUT2D eigenvalue weighted by molar-refractivity contribution is -0.136. The van der Waals surface area contributed by atoms with E-state index >= 15 is 0 Å². The van der Waals surface area contributed by atoms with Gasteiger partial charge in [0.15, 0.2) is 0 Å². The van der Waals surface area contributed by atoms with Gasteiger partial charge in [0.05, 0.1) is 11.8 Å². The zero-order valence-corrected chi connectivity index (χ0v) is 13.4. The van der Waals surface area contributed by atoms with E-state index in [-0.39, 0.29) is 23.7 Å². The highest BCUT2D eigenvalue weighted by atomic mass is 79.9. The molecule has 1 aliphatic carbocycles. The molecule has 0 unspecified atom stereocenters. The molecule has 0 aromatic heterocycles. The van der Waals surface area contributed by atoms with Gasteiger partial charge in [0.25, 0.3) is 0 Å². The summed E-state index contributed by atoms with van der Waals surface area (Å²) in [6, 6.07) is 6.10. The molecule has 1 fully saturated rings. The summed E-state index contributed by atoms with van der Waals surface area (Å²) in [5, 5.41) is 0. The molecule has 1 aromatic rings. The minimum absolute atomic E-state index is 0.0813. The standard InChI is InChI=1S/C16H19BrN2O2/c17-13-5-1-3-10-6-7-12(14(10)13)16(21)19-8-2-4-11(9-19)15(18)20/h1,3,5,11-12H,2,4,6-9H2,(H2,18,20)/t11-,12-/m0/s1. The van der Waals surface area contributed by atoms with E-state index in [9.17, 15) is 9.59 Å². The number of carbonyl (C=O) groups is 2. The lowest BCUT2D eigenvalue weighted by atomic mass is 9.94. The van der Waals surface area contributed by atoms with Crippen LogP contribution in [0.1, 0.15) is 36.3 Å². The number of nitrogens with two attached hydrogens (primary N) is 1. The third-order valence-corrected chi connectivity index (χ3v) is 5.32. The summed E-state index contributed by atoms with van der Waals surface area (Å²) in [6.07, 6.45) is 3.45. The number of hydrogen-bond acceptors (Lipinski definition) is 2. The van der Waals surface area contributed by atoms with E-state index in [0.717, 1.165) is 42.3 Å². The van der Waals surface area contributed by atoms with Crippen molar-refractivity contribution in [2.45, 2.75) is 31.6 Å². The minimum Gasteiger partial charge on any atom is -0.369 e. The van der Waals surface area contributed by atoms with Crippen LogP contribution >= 0.6 is 15.9 Å². The number of piperidine rings is 1. The van der Waals surface area contributed by atoms with Crippen molar-refractivity contribution in [1.82, 2.24) is 4.90 Å². The second-order valence-electron chi connectivity index (χ2n) is 5.93. The van der Waals surface area contributed by atoms with Crippen molar-refractivity contribution in [1.29, 1.82) is 0 Å². The largest absolute Gasteiger partial charge is 0.369 e. The van der Waals surface area contributed by atoms with Crippen molar-refractivity contribution in [3.8, 4) is 0 Å². The number of nitrogens with zero attached hydrogens (tertiary/aromatic N) is 1. The van der Waals surface area contributed by atoms with E-state index < -0.39 is 0 Å². The Morgan fingerprint density at radius 2 is 2.10 bits per heavy atom. The van der Waals surface area contributed by atoms with Crippen molar-refractivity contribution in [3.05, 3.63) is 33.8 Å². The maximum atomic E-state index is 12.8. The molecule has 2 N–H and O–H groups in total. The molecule has 2 atom stereocenters. The number of carbonyl (C=O) groups excluding carboxylic acids is 2. The molecule has 5 heteroatoms. The Hall–Kier alpha value is -1.36. The number of hydrogen-bond donors (Lipinski definition) is 1. The molecule has 1 aliphatic heterocycles. The van der Waals surface area contributed by atoms with Gasteiger partial charge in [-0.2, -0.15) is 0 Å². The zero-order valence-electron chi connectivity index (χ0n) is 11.8. The van der Waals surface area contributed by atoms with Gasteiger partial charge in [-0.25, -0.2) is 0 Å². The summed E-state index contributed by atoms with van der Waals surface area (Å²) in [7, 11) is 0. The number of fused-ring (bicyclic) bond motifs is 1. The molecule has 1 saturated heterocycles. The highest BCUT2D eigenvalue weighted by Gasteiger charge is 2.35. The Morgan fingerprint density at radius 3 is 2.86 bits per heavy atom. The van der Waals surface area contributed by atoms with Crippen LogP contribution in [0.25, 0.3) is 0 Å². The normalized spacial score (nSPS) is 24.7. The van der Waals surface area contributed by atoms with Crippen molar-refractivity contribution in [3.63, 3.8) is 0 Å². The molecule has 21 heavy (non-hydrogen) atoms. The molecule has 0 saturated carbocycles. The van der Waals surface area contributed by atoms with Crippen LogP contribution in [0.2, 0.25) is 0 Å². The van der Waals surface area contributed by atoms with Crippen LogP contribution in [0.5, 0.6) is 0 Å². The summed E-state index contributed by atoms with van der Waals surface area (Å²) in [5.74, 6) is -0.419. The fourth-order valence-electron chi connectivity index (χ4n) is 3.51. The second-order valence-corrected chi connectivity index (χ2v) is 6.78. The van der Waals surface area contributed by atoms with Crippen LogP contribution in [-0.2, 0) is 16.0 Å².